The molecule has 0 spiro atoms. The van der Waals surface area contributed by atoms with Gasteiger partial charge in [-0.15, -0.1) is 11.3 Å². The highest BCUT2D eigenvalue weighted by Gasteiger charge is 2.22. The summed E-state index contributed by atoms with van der Waals surface area (Å²) >= 11 is 1.48. The maximum Gasteiger partial charge on any atom is 0.241 e. The van der Waals surface area contributed by atoms with E-state index in [4.69, 9.17) is 4.74 Å². The van der Waals surface area contributed by atoms with Gasteiger partial charge >= 0.3 is 0 Å². The lowest BCUT2D eigenvalue weighted by molar-refractivity contribution is 0.146. The molecule has 0 radical (unpaired) electrons. The van der Waals surface area contributed by atoms with E-state index in [2.05, 4.69) is 10.0 Å². The van der Waals surface area contributed by atoms with Gasteiger partial charge in [-0.2, -0.15) is 0 Å². The van der Waals surface area contributed by atoms with Crippen LogP contribution in [0.3, 0.4) is 0 Å². The molecule has 0 aromatic carbocycles. The highest BCUT2D eigenvalue weighted by molar-refractivity contribution is 7.89. The molecule has 0 aliphatic carbocycles. The third-order valence-electron chi connectivity index (χ3n) is 2.76. The van der Waals surface area contributed by atoms with Gasteiger partial charge in [0, 0.05) is 31.2 Å². The largest absolute Gasteiger partial charge is 0.382 e. The van der Waals surface area contributed by atoms with Crippen LogP contribution in [0.4, 0.5) is 0 Å². The molecule has 0 unspecified atom stereocenters. The summed E-state index contributed by atoms with van der Waals surface area (Å²) in [7, 11) is -3.43. The van der Waals surface area contributed by atoms with E-state index in [0.29, 0.717) is 37.6 Å². The van der Waals surface area contributed by atoms with Gasteiger partial charge in [-0.25, -0.2) is 13.1 Å². The van der Waals surface area contributed by atoms with Gasteiger partial charge < -0.3 is 10.1 Å². The number of rotatable bonds is 10. The summed E-state index contributed by atoms with van der Waals surface area (Å²) in [5, 5.41) is 5.06. The van der Waals surface area contributed by atoms with Crippen molar-refractivity contribution in [2.24, 2.45) is 0 Å². The van der Waals surface area contributed by atoms with Crippen molar-refractivity contribution in [2.45, 2.75) is 38.6 Å². The monoisotopic (exact) mass is 320 g/mol. The number of thiophene rings is 1. The van der Waals surface area contributed by atoms with Crippen LogP contribution >= 0.6 is 11.3 Å². The minimum absolute atomic E-state index is 0.401. The summed E-state index contributed by atoms with van der Waals surface area (Å²) in [4.78, 5) is 1.29. The molecular formula is C13H24N2O3S2. The van der Waals surface area contributed by atoms with Crippen molar-refractivity contribution in [3.8, 4) is 0 Å². The maximum absolute atomic E-state index is 12.4. The van der Waals surface area contributed by atoms with Crippen LogP contribution in [-0.4, -0.2) is 34.7 Å². The number of sulfonamides is 1. The molecule has 1 aromatic heterocycles. The summed E-state index contributed by atoms with van der Waals surface area (Å²) in [6.45, 7) is 8.79. The van der Waals surface area contributed by atoms with Crippen LogP contribution in [0.5, 0.6) is 0 Å². The highest BCUT2D eigenvalue weighted by Crippen LogP contribution is 2.26. The van der Waals surface area contributed by atoms with E-state index in [-0.39, 0.29) is 0 Å². The first-order valence-corrected chi connectivity index (χ1v) is 9.24. The van der Waals surface area contributed by atoms with Crippen LogP contribution in [0, 0.1) is 6.92 Å². The predicted octanol–water partition coefficient (Wildman–Crippen LogP) is 1.87. The number of ether oxygens (including phenoxy) is 1. The standard InChI is InChI=1S/C13H24N2O3S2/c1-4-14-9-12-13(11(3)10-19-12)20(16,17)15-7-6-8-18-5-2/h10,14-15H,4-9H2,1-3H3. The number of hydrogen-bond acceptors (Lipinski definition) is 5. The average molecular weight is 320 g/mol. The Morgan fingerprint density at radius 2 is 2.10 bits per heavy atom. The van der Waals surface area contributed by atoms with Crippen LogP contribution in [0.15, 0.2) is 10.3 Å². The van der Waals surface area contributed by atoms with Crippen LogP contribution in [-0.2, 0) is 21.3 Å². The molecule has 20 heavy (non-hydrogen) atoms. The molecule has 5 nitrogen and oxygen atoms in total. The number of nitrogens with one attached hydrogen (secondary N) is 2. The average Bonchev–Trinajstić information content (AvgIpc) is 2.78. The van der Waals surface area contributed by atoms with Crippen molar-refractivity contribution in [1.29, 1.82) is 0 Å². The zero-order valence-electron chi connectivity index (χ0n) is 12.4. The molecule has 0 bridgehead atoms. The molecule has 7 heteroatoms. The second-order valence-corrected chi connectivity index (χ2v) is 7.07. The fraction of sp³-hybridized carbons (Fsp3) is 0.692. The first-order chi connectivity index (χ1) is 9.53. The highest BCUT2D eigenvalue weighted by atomic mass is 32.2. The van der Waals surface area contributed by atoms with Crippen LogP contribution in [0.2, 0.25) is 0 Å². The van der Waals surface area contributed by atoms with Crippen molar-refractivity contribution in [3.05, 3.63) is 15.8 Å². The lowest BCUT2D eigenvalue weighted by Gasteiger charge is -2.09. The second-order valence-electron chi connectivity index (χ2n) is 4.40. The van der Waals surface area contributed by atoms with E-state index in [1.165, 1.54) is 11.3 Å². The van der Waals surface area contributed by atoms with Gasteiger partial charge in [-0.05, 0) is 37.8 Å². The molecule has 0 saturated carbocycles. The summed E-state index contributed by atoms with van der Waals surface area (Å²) < 4.78 is 32.6. The van der Waals surface area contributed by atoms with Crippen molar-refractivity contribution < 1.29 is 13.2 Å². The summed E-state index contributed by atoms with van der Waals surface area (Å²) in [6.07, 6.45) is 0.679. The van der Waals surface area contributed by atoms with Gasteiger partial charge in [0.1, 0.15) is 4.90 Å². The number of hydrogen-bond donors (Lipinski definition) is 2. The normalized spacial score (nSPS) is 11.9. The molecule has 0 aliphatic rings. The van der Waals surface area contributed by atoms with Crippen LogP contribution < -0.4 is 10.0 Å². The molecule has 1 rings (SSSR count). The van der Waals surface area contributed by atoms with Gasteiger partial charge in [0.2, 0.25) is 10.0 Å². The second kappa shape index (κ2) is 8.74. The Labute approximate surface area is 125 Å². The predicted molar refractivity (Wildman–Crippen MR) is 82.7 cm³/mol. The van der Waals surface area contributed by atoms with E-state index in [1.54, 1.807) is 0 Å². The SMILES string of the molecule is CCNCc1scc(C)c1S(=O)(=O)NCCCOCC. The fourth-order valence-corrected chi connectivity index (χ4v) is 4.66. The first kappa shape index (κ1) is 17.6. The zero-order chi connectivity index (χ0) is 15.0. The Morgan fingerprint density at radius 1 is 1.35 bits per heavy atom. The van der Waals surface area contributed by atoms with Gasteiger partial charge in [0.15, 0.2) is 0 Å². The molecule has 116 valence electrons. The Balaban J connectivity index is 2.68. The van der Waals surface area contributed by atoms with Crippen LogP contribution in [0.25, 0.3) is 0 Å². The minimum atomic E-state index is -3.43. The Hall–Kier alpha value is -0.470. The summed E-state index contributed by atoms with van der Waals surface area (Å²) in [5.41, 5.74) is 0.806. The molecule has 2 N–H and O–H groups in total. The van der Waals surface area contributed by atoms with E-state index in [0.717, 1.165) is 17.0 Å². The zero-order valence-corrected chi connectivity index (χ0v) is 14.0. The summed E-state index contributed by atoms with van der Waals surface area (Å²) in [6, 6.07) is 0. The molecule has 0 aliphatic heterocycles. The Bertz CT molecular complexity index is 498. The quantitative estimate of drug-likeness (QED) is 0.646. The van der Waals surface area contributed by atoms with E-state index in [9.17, 15) is 8.42 Å². The lowest BCUT2D eigenvalue weighted by atomic mass is 10.3. The molecule has 1 aromatic rings. The van der Waals surface area contributed by atoms with Crippen molar-refractivity contribution in [2.75, 3.05) is 26.3 Å². The molecule has 0 fully saturated rings. The van der Waals surface area contributed by atoms with Gasteiger partial charge in [0.05, 0.1) is 0 Å². The Morgan fingerprint density at radius 3 is 2.75 bits per heavy atom. The molecule has 0 saturated heterocycles. The topological polar surface area (TPSA) is 67.4 Å². The summed E-state index contributed by atoms with van der Waals surface area (Å²) in [5.74, 6) is 0. The van der Waals surface area contributed by atoms with E-state index >= 15 is 0 Å². The van der Waals surface area contributed by atoms with Crippen LogP contribution in [0.1, 0.15) is 30.7 Å². The Kier molecular flexibility index (Phi) is 7.68. The molecular weight excluding hydrogens is 296 g/mol. The minimum Gasteiger partial charge on any atom is -0.382 e. The van der Waals surface area contributed by atoms with Gasteiger partial charge in [0.25, 0.3) is 0 Å². The molecule has 0 atom stereocenters. The van der Waals surface area contributed by atoms with E-state index in [1.807, 2.05) is 26.2 Å². The van der Waals surface area contributed by atoms with Crippen molar-refractivity contribution in [1.82, 2.24) is 10.0 Å². The van der Waals surface area contributed by atoms with Gasteiger partial charge in [-0.1, -0.05) is 6.92 Å². The van der Waals surface area contributed by atoms with Crippen molar-refractivity contribution >= 4 is 21.4 Å². The molecule has 1 heterocycles. The lowest BCUT2D eigenvalue weighted by Crippen LogP contribution is -2.27. The fourth-order valence-electron chi connectivity index (χ4n) is 1.81. The number of aryl methyl sites for hydroxylation is 1. The van der Waals surface area contributed by atoms with Gasteiger partial charge in [-0.3, -0.25) is 0 Å². The maximum atomic E-state index is 12.4. The van der Waals surface area contributed by atoms with E-state index < -0.39 is 10.0 Å². The third kappa shape index (κ3) is 5.14. The first-order valence-electron chi connectivity index (χ1n) is 6.88. The molecule has 0 amide bonds. The smallest absolute Gasteiger partial charge is 0.241 e. The van der Waals surface area contributed by atoms with Crippen molar-refractivity contribution in [3.63, 3.8) is 0 Å². The third-order valence-corrected chi connectivity index (χ3v) is 5.68.